The zero-order valence-electron chi connectivity index (χ0n) is 5.84. The number of hydrogen-bond donors (Lipinski definition) is 0. The van der Waals surface area contributed by atoms with Crippen molar-refractivity contribution in [3.8, 4) is 0 Å². The Bertz CT molecular complexity index is 140. The van der Waals surface area contributed by atoms with Gasteiger partial charge in [-0.05, 0) is 24.6 Å². The molecule has 1 aliphatic rings. The van der Waals surface area contributed by atoms with Crippen LogP contribution in [0.1, 0.15) is 12.8 Å². The number of ether oxygens (including phenoxy) is 1. The van der Waals surface area contributed by atoms with E-state index in [9.17, 15) is 4.79 Å². The van der Waals surface area contributed by atoms with Gasteiger partial charge >= 0.3 is 5.97 Å². The van der Waals surface area contributed by atoms with E-state index in [2.05, 4.69) is 4.74 Å². The first-order valence-electron chi connectivity index (χ1n) is 3.26. The van der Waals surface area contributed by atoms with Crippen molar-refractivity contribution in [1.82, 2.24) is 4.42 Å². The minimum atomic E-state index is -0.229. The van der Waals surface area contributed by atoms with E-state index in [1.807, 2.05) is 0 Å². The maximum atomic E-state index is 10.9. The number of rotatable bonds is 1. The lowest BCUT2D eigenvalue weighted by Gasteiger charge is -2.12. The summed E-state index contributed by atoms with van der Waals surface area (Å²) in [5, 5.41) is 0. The molecule has 1 heterocycles. The van der Waals surface area contributed by atoms with E-state index in [-0.39, 0.29) is 12.0 Å². The number of halogens is 1. The lowest BCUT2D eigenvalue weighted by molar-refractivity contribution is -0.144. The predicted octanol–water partition coefficient (Wildman–Crippen LogP) is 0.778. The van der Waals surface area contributed by atoms with Gasteiger partial charge in [0.25, 0.3) is 0 Å². The van der Waals surface area contributed by atoms with Crippen LogP contribution in [0.25, 0.3) is 0 Å². The Labute approximate surface area is 65.0 Å². The minimum Gasteiger partial charge on any atom is -0.468 e. The zero-order valence-corrected chi connectivity index (χ0v) is 6.60. The summed E-state index contributed by atoms with van der Waals surface area (Å²) < 4.78 is 6.05. The minimum absolute atomic E-state index is 0.216. The fraction of sp³-hybridized carbons (Fsp3) is 0.833. The second-order valence-electron chi connectivity index (χ2n) is 2.30. The van der Waals surface area contributed by atoms with Crippen LogP contribution in [0.5, 0.6) is 0 Å². The van der Waals surface area contributed by atoms with Crippen LogP contribution in [0.4, 0.5) is 0 Å². The molecule has 0 aromatic carbocycles. The van der Waals surface area contributed by atoms with Gasteiger partial charge in [-0.25, -0.2) is 4.42 Å². The van der Waals surface area contributed by atoms with Crippen molar-refractivity contribution in [3.63, 3.8) is 0 Å². The fourth-order valence-electron chi connectivity index (χ4n) is 1.10. The molecule has 1 saturated heterocycles. The predicted molar refractivity (Wildman–Crippen MR) is 37.6 cm³/mol. The van der Waals surface area contributed by atoms with Gasteiger partial charge < -0.3 is 4.74 Å². The third-order valence-electron chi connectivity index (χ3n) is 1.66. The summed E-state index contributed by atoms with van der Waals surface area (Å²) >= 11 is 5.68. The van der Waals surface area contributed by atoms with E-state index >= 15 is 0 Å². The Morgan fingerprint density at radius 3 is 2.90 bits per heavy atom. The summed E-state index contributed by atoms with van der Waals surface area (Å²) in [4.78, 5) is 10.9. The van der Waals surface area contributed by atoms with E-state index in [0.29, 0.717) is 0 Å². The lowest BCUT2D eigenvalue weighted by atomic mass is 10.2. The molecule has 0 spiro atoms. The fourth-order valence-corrected chi connectivity index (χ4v) is 1.40. The number of methoxy groups -OCH3 is 1. The van der Waals surface area contributed by atoms with E-state index in [1.54, 1.807) is 0 Å². The topological polar surface area (TPSA) is 29.5 Å². The van der Waals surface area contributed by atoms with E-state index in [4.69, 9.17) is 11.8 Å². The molecule has 0 aliphatic carbocycles. The monoisotopic (exact) mass is 163 g/mol. The quantitative estimate of drug-likeness (QED) is 0.423. The standard InChI is InChI=1S/C6H10ClNO2/c1-10-6(9)5-3-2-4-8(5)7/h5H,2-4H2,1H3/t5-/m0/s1. The average molecular weight is 164 g/mol. The van der Waals surface area contributed by atoms with Gasteiger partial charge in [0.15, 0.2) is 0 Å². The van der Waals surface area contributed by atoms with Gasteiger partial charge in [-0.1, -0.05) is 0 Å². The van der Waals surface area contributed by atoms with Crippen LogP contribution in [-0.4, -0.2) is 30.1 Å². The lowest BCUT2D eigenvalue weighted by Crippen LogP contribution is -2.30. The van der Waals surface area contributed by atoms with Crippen molar-refractivity contribution in [2.45, 2.75) is 18.9 Å². The number of nitrogens with zero attached hydrogens (tertiary/aromatic N) is 1. The molecular formula is C6H10ClNO2. The highest BCUT2D eigenvalue weighted by Gasteiger charge is 2.29. The smallest absolute Gasteiger partial charge is 0.324 e. The second kappa shape index (κ2) is 3.21. The van der Waals surface area contributed by atoms with Gasteiger partial charge in [-0.15, -0.1) is 0 Å². The first-order valence-corrected chi connectivity index (χ1v) is 3.59. The molecule has 1 fully saturated rings. The molecule has 4 heteroatoms. The summed E-state index contributed by atoms with van der Waals surface area (Å²) in [5.74, 6) is -0.229. The molecule has 0 N–H and O–H groups in total. The summed E-state index contributed by atoms with van der Waals surface area (Å²) in [6.45, 7) is 0.779. The molecule has 1 rings (SSSR count). The number of hydrogen-bond acceptors (Lipinski definition) is 3. The first kappa shape index (κ1) is 7.82. The third kappa shape index (κ3) is 1.41. The van der Waals surface area contributed by atoms with Crippen LogP contribution >= 0.6 is 11.8 Å². The Hall–Kier alpha value is -0.280. The molecule has 0 aromatic rings. The van der Waals surface area contributed by atoms with Crippen LogP contribution in [0.2, 0.25) is 0 Å². The van der Waals surface area contributed by atoms with Crippen LogP contribution in [-0.2, 0) is 9.53 Å². The van der Waals surface area contributed by atoms with Gasteiger partial charge in [0.05, 0.1) is 7.11 Å². The molecular weight excluding hydrogens is 154 g/mol. The Balaban J connectivity index is 2.46. The maximum Gasteiger partial charge on any atom is 0.324 e. The molecule has 3 nitrogen and oxygen atoms in total. The van der Waals surface area contributed by atoms with Crippen LogP contribution in [0.3, 0.4) is 0 Å². The highest BCUT2D eigenvalue weighted by atomic mass is 35.5. The molecule has 0 unspecified atom stereocenters. The van der Waals surface area contributed by atoms with Crippen LogP contribution in [0.15, 0.2) is 0 Å². The van der Waals surface area contributed by atoms with Crippen molar-refractivity contribution in [3.05, 3.63) is 0 Å². The normalized spacial score (nSPS) is 26.8. The van der Waals surface area contributed by atoms with Crippen LogP contribution in [0, 0.1) is 0 Å². The Morgan fingerprint density at radius 2 is 2.50 bits per heavy atom. The Kier molecular flexibility index (Phi) is 2.51. The van der Waals surface area contributed by atoms with E-state index in [1.165, 1.54) is 11.5 Å². The van der Waals surface area contributed by atoms with Crippen LogP contribution < -0.4 is 0 Å². The molecule has 0 saturated carbocycles. The van der Waals surface area contributed by atoms with Crippen molar-refractivity contribution < 1.29 is 9.53 Å². The zero-order chi connectivity index (χ0) is 7.56. The maximum absolute atomic E-state index is 10.9. The summed E-state index contributed by atoms with van der Waals surface area (Å²) in [7, 11) is 1.38. The summed E-state index contributed by atoms with van der Waals surface area (Å²) in [5.41, 5.74) is 0. The summed E-state index contributed by atoms with van der Waals surface area (Å²) in [6.07, 6.45) is 1.79. The largest absolute Gasteiger partial charge is 0.468 e. The van der Waals surface area contributed by atoms with Gasteiger partial charge in [0.1, 0.15) is 6.04 Å². The molecule has 0 bridgehead atoms. The van der Waals surface area contributed by atoms with Crippen molar-refractivity contribution >= 4 is 17.7 Å². The number of esters is 1. The van der Waals surface area contributed by atoms with Crippen molar-refractivity contribution in [1.29, 1.82) is 0 Å². The van der Waals surface area contributed by atoms with E-state index < -0.39 is 0 Å². The average Bonchev–Trinajstić information content (AvgIpc) is 2.34. The molecule has 0 amide bonds. The molecule has 58 valence electrons. The SMILES string of the molecule is COC(=O)[C@@H]1CCCN1Cl. The third-order valence-corrected chi connectivity index (χ3v) is 2.07. The van der Waals surface area contributed by atoms with Gasteiger partial charge in [-0.2, -0.15) is 0 Å². The molecule has 1 atom stereocenters. The summed E-state index contributed by atoms with van der Waals surface area (Å²) in [6, 6.07) is -0.216. The van der Waals surface area contributed by atoms with Gasteiger partial charge in [0, 0.05) is 6.54 Å². The molecule has 1 aliphatic heterocycles. The van der Waals surface area contributed by atoms with Crippen molar-refractivity contribution in [2.24, 2.45) is 0 Å². The van der Waals surface area contributed by atoms with Gasteiger partial charge in [-0.3, -0.25) is 4.79 Å². The Morgan fingerprint density at radius 1 is 1.80 bits per heavy atom. The molecule has 10 heavy (non-hydrogen) atoms. The van der Waals surface area contributed by atoms with Gasteiger partial charge in [0.2, 0.25) is 0 Å². The van der Waals surface area contributed by atoms with Crippen molar-refractivity contribution in [2.75, 3.05) is 13.7 Å². The number of carbonyl (C=O) groups excluding carboxylic acids is 1. The highest BCUT2D eigenvalue weighted by molar-refractivity contribution is 6.15. The molecule has 0 radical (unpaired) electrons. The first-order chi connectivity index (χ1) is 4.75. The molecule has 0 aromatic heterocycles. The number of carbonyl (C=O) groups is 1. The second-order valence-corrected chi connectivity index (χ2v) is 2.74. The highest BCUT2D eigenvalue weighted by Crippen LogP contribution is 2.19. The van der Waals surface area contributed by atoms with E-state index in [0.717, 1.165) is 19.4 Å².